The van der Waals surface area contributed by atoms with Crippen LogP contribution in [-0.4, -0.2) is 61.5 Å². The molecule has 0 radical (unpaired) electrons. The number of esters is 1. The van der Waals surface area contributed by atoms with Crippen LogP contribution in [0.2, 0.25) is 0 Å². The first-order chi connectivity index (χ1) is 8.19. The third kappa shape index (κ3) is 4.61. The number of hydrogen-bond donors (Lipinski definition) is 1. The summed E-state index contributed by atoms with van der Waals surface area (Å²) >= 11 is 0. The molecule has 1 rings (SSSR count). The van der Waals surface area contributed by atoms with Crippen molar-refractivity contribution in [3.63, 3.8) is 0 Å². The summed E-state index contributed by atoms with van der Waals surface area (Å²) in [7, 11) is 1.56. The molecule has 0 aliphatic carbocycles. The summed E-state index contributed by atoms with van der Waals surface area (Å²) in [5.74, 6) is -0.170. The molecule has 1 heterocycles. The first-order valence-corrected chi connectivity index (χ1v) is 6.26. The van der Waals surface area contributed by atoms with Gasteiger partial charge in [0.1, 0.15) is 6.04 Å². The standard InChI is InChI=1S/C12H23NO4/c1-3-17-12(15)11-6-4-5-7-13(11)8-10(14)9-16-2/h10-11,14H,3-9H2,1-2H3. The highest BCUT2D eigenvalue weighted by Crippen LogP contribution is 2.18. The van der Waals surface area contributed by atoms with Crippen molar-refractivity contribution in [3.8, 4) is 0 Å². The van der Waals surface area contributed by atoms with Crippen molar-refractivity contribution in [3.05, 3.63) is 0 Å². The van der Waals surface area contributed by atoms with Gasteiger partial charge in [-0.25, -0.2) is 0 Å². The van der Waals surface area contributed by atoms with Gasteiger partial charge < -0.3 is 14.6 Å². The third-order valence-electron chi connectivity index (χ3n) is 2.98. The van der Waals surface area contributed by atoms with Gasteiger partial charge in [0.25, 0.3) is 0 Å². The predicted molar refractivity (Wildman–Crippen MR) is 63.7 cm³/mol. The maximum absolute atomic E-state index is 11.8. The highest BCUT2D eigenvalue weighted by Gasteiger charge is 2.30. The smallest absolute Gasteiger partial charge is 0.323 e. The summed E-state index contributed by atoms with van der Waals surface area (Å²) in [6.07, 6.45) is 2.38. The minimum atomic E-state index is -0.546. The fourth-order valence-electron chi connectivity index (χ4n) is 2.23. The summed E-state index contributed by atoms with van der Waals surface area (Å²) in [4.78, 5) is 13.8. The number of nitrogens with zero attached hydrogens (tertiary/aromatic N) is 1. The number of β-amino-alcohol motifs (C(OH)–C–C–N with tert-alkyl or cyclic N) is 1. The van der Waals surface area contributed by atoms with Crippen molar-refractivity contribution >= 4 is 5.97 Å². The van der Waals surface area contributed by atoms with E-state index in [1.165, 1.54) is 0 Å². The Morgan fingerprint density at radius 1 is 1.53 bits per heavy atom. The second-order valence-corrected chi connectivity index (χ2v) is 4.37. The van der Waals surface area contributed by atoms with Crippen LogP contribution in [0, 0.1) is 0 Å². The summed E-state index contributed by atoms with van der Waals surface area (Å²) in [6.45, 7) is 3.82. The van der Waals surface area contributed by atoms with Gasteiger partial charge in [-0.1, -0.05) is 6.42 Å². The molecule has 1 aliphatic heterocycles. The first-order valence-electron chi connectivity index (χ1n) is 6.26. The lowest BCUT2D eigenvalue weighted by atomic mass is 10.0. The molecule has 0 aromatic heterocycles. The number of hydrogen-bond acceptors (Lipinski definition) is 5. The van der Waals surface area contributed by atoms with Crippen molar-refractivity contribution in [2.24, 2.45) is 0 Å². The lowest BCUT2D eigenvalue weighted by Crippen LogP contribution is -2.49. The van der Waals surface area contributed by atoms with Gasteiger partial charge in [-0.05, 0) is 26.3 Å². The number of ether oxygens (including phenoxy) is 2. The van der Waals surface area contributed by atoms with Crippen LogP contribution < -0.4 is 0 Å². The molecule has 5 heteroatoms. The van der Waals surface area contributed by atoms with Gasteiger partial charge in [-0.2, -0.15) is 0 Å². The van der Waals surface area contributed by atoms with Gasteiger partial charge >= 0.3 is 5.97 Å². The van der Waals surface area contributed by atoms with E-state index < -0.39 is 6.10 Å². The van der Waals surface area contributed by atoms with Crippen LogP contribution in [0.1, 0.15) is 26.2 Å². The Labute approximate surface area is 103 Å². The topological polar surface area (TPSA) is 59.0 Å². The average molecular weight is 245 g/mol. The van der Waals surface area contributed by atoms with Crippen LogP contribution in [-0.2, 0) is 14.3 Å². The van der Waals surface area contributed by atoms with E-state index in [0.717, 1.165) is 25.8 Å². The van der Waals surface area contributed by atoms with Crippen LogP contribution in [0.4, 0.5) is 0 Å². The van der Waals surface area contributed by atoms with E-state index in [-0.39, 0.29) is 12.0 Å². The number of methoxy groups -OCH3 is 1. The fraction of sp³-hybridized carbons (Fsp3) is 0.917. The van der Waals surface area contributed by atoms with Crippen molar-refractivity contribution < 1.29 is 19.4 Å². The molecule has 0 saturated carbocycles. The number of carbonyl (C=O) groups is 1. The number of aliphatic hydroxyl groups is 1. The molecule has 100 valence electrons. The zero-order valence-electron chi connectivity index (χ0n) is 10.7. The average Bonchev–Trinajstić information content (AvgIpc) is 2.30. The van der Waals surface area contributed by atoms with E-state index in [1.807, 2.05) is 11.8 Å². The molecular weight excluding hydrogens is 222 g/mol. The van der Waals surface area contributed by atoms with Gasteiger partial charge in [-0.15, -0.1) is 0 Å². The summed E-state index contributed by atoms with van der Waals surface area (Å²) in [5, 5.41) is 9.71. The van der Waals surface area contributed by atoms with Crippen LogP contribution in [0.15, 0.2) is 0 Å². The predicted octanol–water partition coefficient (Wildman–Crippen LogP) is 0.411. The number of aliphatic hydroxyl groups excluding tert-OH is 1. The highest BCUT2D eigenvalue weighted by atomic mass is 16.5. The summed E-state index contributed by atoms with van der Waals surface area (Å²) in [6, 6.07) is -0.199. The Balaban J connectivity index is 2.50. The van der Waals surface area contributed by atoms with Gasteiger partial charge in [0.15, 0.2) is 0 Å². The minimum absolute atomic E-state index is 0.170. The van der Waals surface area contributed by atoms with E-state index in [1.54, 1.807) is 7.11 Å². The quantitative estimate of drug-likeness (QED) is 0.687. The number of carbonyl (C=O) groups excluding carboxylic acids is 1. The molecule has 0 bridgehead atoms. The largest absolute Gasteiger partial charge is 0.465 e. The van der Waals surface area contributed by atoms with Crippen LogP contribution in [0.5, 0.6) is 0 Å². The molecule has 1 aliphatic rings. The second-order valence-electron chi connectivity index (χ2n) is 4.37. The molecular formula is C12H23NO4. The maximum atomic E-state index is 11.8. The Morgan fingerprint density at radius 2 is 2.29 bits per heavy atom. The van der Waals surface area contributed by atoms with Gasteiger partial charge in [0, 0.05) is 13.7 Å². The van der Waals surface area contributed by atoms with E-state index in [0.29, 0.717) is 19.8 Å². The van der Waals surface area contributed by atoms with Crippen molar-refractivity contribution in [2.45, 2.75) is 38.3 Å². The summed E-state index contributed by atoms with van der Waals surface area (Å²) < 4.78 is 9.96. The van der Waals surface area contributed by atoms with Crippen molar-refractivity contribution in [1.29, 1.82) is 0 Å². The second kappa shape index (κ2) is 7.63. The zero-order chi connectivity index (χ0) is 12.7. The van der Waals surface area contributed by atoms with E-state index in [9.17, 15) is 9.90 Å². The Hall–Kier alpha value is -0.650. The molecule has 1 N–H and O–H groups in total. The molecule has 1 saturated heterocycles. The first kappa shape index (κ1) is 14.4. The van der Waals surface area contributed by atoms with Crippen LogP contribution >= 0.6 is 0 Å². The minimum Gasteiger partial charge on any atom is -0.465 e. The monoisotopic (exact) mass is 245 g/mol. The molecule has 2 unspecified atom stereocenters. The van der Waals surface area contributed by atoms with Gasteiger partial charge in [0.05, 0.1) is 19.3 Å². The third-order valence-corrected chi connectivity index (χ3v) is 2.98. The molecule has 5 nitrogen and oxygen atoms in total. The van der Waals surface area contributed by atoms with E-state index >= 15 is 0 Å². The normalized spacial score (nSPS) is 23.4. The van der Waals surface area contributed by atoms with Crippen molar-refractivity contribution in [2.75, 3.05) is 33.4 Å². The lowest BCUT2D eigenvalue weighted by Gasteiger charge is -2.35. The molecule has 0 amide bonds. The fourth-order valence-corrected chi connectivity index (χ4v) is 2.23. The Morgan fingerprint density at radius 3 is 2.94 bits per heavy atom. The molecule has 0 spiro atoms. The molecule has 17 heavy (non-hydrogen) atoms. The summed E-state index contributed by atoms with van der Waals surface area (Å²) in [5.41, 5.74) is 0. The molecule has 0 aromatic carbocycles. The van der Waals surface area contributed by atoms with Gasteiger partial charge in [0.2, 0.25) is 0 Å². The number of likely N-dealkylation sites (tertiary alicyclic amines) is 1. The Kier molecular flexibility index (Phi) is 6.47. The zero-order valence-corrected chi connectivity index (χ0v) is 10.7. The molecule has 2 atom stereocenters. The lowest BCUT2D eigenvalue weighted by molar-refractivity contribution is -0.151. The molecule has 1 fully saturated rings. The number of piperidine rings is 1. The van der Waals surface area contributed by atoms with E-state index in [4.69, 9.17) is 9.47 Å². The maximum Gasteiger partial charge on any atom is 0.323 e. The SMILES string of the molecule is CCOC(=O)C1CCCCN1CC(O)COC. The Bertz CT molecular complexity index is 235. The van der Waals surface area contributed by atoms with E-state index in [2.05, 4.69) is 0 Å². The highest BCUT2D eigenvalue weighted by molar-refractivity contribution is 5.75. The number of rotatable bonds is 6. The van der Waals surface area contributed by atoms with Crippen molar-refractivity contribution in [1.82, 2.24) is 4.90 Å². The molecule has 0 aromatic rings. The van der Waals surface area contributed by atoms with Gasteiger partial charge in [-0.3, -0.25) is 9.69 Å². The van der Waals surface area contributed by atoms with Crippen LogP contribution in [0.25, 0.3) is 0 Å². The van der Waals surface area contributed by atoms with Crippen LogP contribution in [0.3, 0.4) is 0 Å².